The van der Waals surface area contributed by atoms with Crippen LogP contribution in [0.2, 0.25) is 0 Å². The fraction of sp³-hybridized carbons (Fsp3) is 0.167. The highest BCUT2D eigenvalue weighted by Gasteiger charge is 2.59. The molecule has 2 unspecified atom stereocenters. The minimum Gasteiger partial charge on any atom is -0.335 e. The first-order valence-electron chi connectivity index (χ1n) is 10.2. The Morgan fingerprint density at radius 1 is 1.10 bits per heavy atom. The molecule has 1 spiro atoms. The summed E-state index contributed by atoms with van der Waals surface area (Å²) < 4.78 is 0. The highest BCUT2D eigenvalue weighted by atomic mass is 16.2. The van der Waals surface area contributed by atoms with E-state index in [-0.39, 0.29) is 11.8 Å². The van der Waals surface area contributed by atoms with Gasteiger partial charge in [0.1, 0.15) is 16.8 Å². The first kappa shape index (κ1) is 17.8. The molecule has 5 heterocycles. The smallest absolute Gasteiger partial charge is 0.270 e. The van der Waals surface area contributed by atoms with Gasteiger partial charge >= 0.3 is 0 Å². The lowest BCUT2D eigenvalue weighted by Gasteiger charge is -2.34. The highest BCUT2D eigenvalue weighted by Crippen LogP contribution is 2.54. The molecule has 0 radical (unpaired) electrons. The Balaban J connectivity index is 1.50. The van der Waals surface area contributed by atoms with Crippen molar-refractivity contribution in [2.24, 2.45) is 0 Å². The number of carbonyl (C=O) groups is 2. The van der Waals surface area contributed by atoms with E-state index in [1.54, 1.807) is 23.5 Å². The van der Waals surface area contributed by atoms with Crippen LogP contribution in [0.4, 0.5) is 5.69 Å². The molecule has 4 aromatic rings. The summed E-state index contributed by atoms with van der Waals surface area (Å²) in [7, 11) is 0. The van der Waals surface area contributed by atoms with Crippen LogP contribution in [0.3, 0.4) is 0 Å². The number of para-hydroxylation sites is 1. The van der Waals surface area contributed by atoms with E-state index in [0.717, 1.165) is 22.2 Å². The lowest BCUT2D eigenvalue weighted by atomic mass is 9.73. The predicted octanol–water partition coefficient (Wildman–Crippen LogP) is 3.44. The molecular weight excluding hydrogens is 390 g/mol. The predicted molar refractivity (Wildman–Crippen MR) is 115 cm³/mol. The van der Waals surface area contributed by atoms with Crippen LogP contribution >= 0.6 is 0 Å². The number of aromatic amines is 1. The fourth-order valence-corrected chi connectivity index (χ4v) is 5.13. The number of carbonyl (C=O) groups excluding carboxylic acids is 2. The van der Waals surface area contributed by atoms with Crippen molar-refractivity contribution in [1.82, 2.24) is 19.9 Å². The van der Waals surface area contributed by atoms with Crippen LogP contribution in [0.1, 0.15) is 34.1 Å². The van der Waals surface area contributed by atoms with Crippen LogP contribution in [0.5, 0.6) is 0 Å². The molecule has 1 fully saturated rings. The number of nitrogens with one attached hydrogen (secondary N) is 2. The van der Waals surface area contributed by atoms with Crippen molar-refractivity contribution in [2.75, 3.05) is 11.9 Å². The number of aromatic nitrogens is 3. The molecule has 7 heteroatoms. The summed E-state index contributed by atoms with van der Waals surface area (Å²) in [4.78, 5) is 40.6. The Morgan fingerprint density at radius 3 is 2.81 bits per heavy atom. The third-order valence-corrected chi connectivity index (χ3v) is 6.47. The van der Waals surface area contributed by atoms with E-state index in [2.05, 4.69) is 20.3 Å². The summed E-state index contributed by atoms with van der Waals surface area (Å²) in [6, 6.07) is 16.6. The van der Waals surface area contributed by atoms with Crippen molar-refractivity contribution < 1.29 is 9.59 Å². The molecule has 2 aliphatic heterocycles. The van der Waals surface area contributed by atoms with Gasteiger partial charge in [0.05, 0.1) is 6.04 Å². The average molecular weight is 409 g/mol. The van der Waals surface area contributed by atoms with Crippen LogP contribution < -0.4 is 5.32 Å². The number of fused-ring (bicyclic) bond motifs is 3. The lowest BCUT2D eigenvalue weighted by Crippen LogP contribution is -2.42. The quantitative estimate of drug-likeness (QED) is 0.531. The number of amides is 2. The van der Waals surface area contributed by atoms with Crippen LogP contribution in [0.15, 0.2) is 73.2 Å². The second-order valence-electron chi connectivity index (χ2n) is 8.03. The molecule has 3 aromatic heterocycles. The maximum atomic E-state index is 13.7. The standard InChI is InChI=1S/C24H19N5O2/c30-22(19-13-15-5-4-11-26-21(15)27-19)29-12-9-24(20(29)16-6-3-10-25-14-16)17-7-1-2-8-18(17)28-23(24)31/h1-8,10-11,13-14,20H,9,12H2,(H,26,27)(H,28,31). The molecule has 6 rings (SSSR count). The van der Waals surface area contributed by atoms with Gasteiger partial charge in [0, 0.05) is 36.2 Å². The molecule has 1 saturated heterocycles. The van der Waals surface area contributed by atoms with Gasteiger partial charge in [0.25, 0.3) is 5.91 Å². The van der Waals surface area contributed by atoms with Gasteiger partial charge < -0.3 is 15.2 Å². The fourth-order valence-electron chi connectivity index (χ4n) is 5.13. The second-order valence-corrected chi connectivity index (χ2v) is 8.03. The number of rotatable bonds is 2. The third-order valence-electron chi connectivity index (χ3n) is 6.47. The van der Waals surface area contributed by atoms with Crippen LogP contribution in [0.25, 0.3) is 11.0 Å². The minimum atomic E-state index is -0.848. The topological polar surface area (TPSA) is 91.0 Å². The number of hydrogen-bond donors (Lipinski definition) is 2. The molecule has 2 aliphatic rings. The average Bonchev–Trinajstić information content (AvgIpc) is 3.49. The molecule has 1 aromatic carbocycles. The van der Waals surface area contributed by atoms with E-state index in [1.807, 2.05) is 54.6 Å². The first-order valence-corrected chi connectivity index (χ1v) is 10.2. The van der Waals surface area contributed by atoms with Gasteiger partial charge in [-0.2, -0.15) is 0 Å². The van der Waals surface area contributed by atoms with Crippen molar-refractivity contribution in [3.05, 3.63) is 90.0 Å². The number of hydrogen-bond acceptors (Lipinski definition) is 4. The molecule has 2 N–H and O–H groups in total. The summed E-state index contributed by atoms with van der Waals surface area (Å²) in [5.41, 5.74) is 2.87. The van der Waals surface area contributed by atoms with E-state index >= 15 is 0 Å². The zero-order chi connectivity index (χ0) is 21.0. The van der Waals surface area contributed by atoms with Gasteiger partial charge in [-0.3, -0.25) is 14.6 Å². The van der Waals surface area contributed by atoms with Crippen LogP contribution in [-0.4, -0.2) is 38.2 Å². The van der Waals surface area contributed by atoms with Crippen molar-refractivity contribution in [3.63, 3.8) is 0 Å². The highest BCUT2D eigenvalue weighted by molar-refractivity contribution is 6.08. The number of benzene rings is 1. The summed E-state index contributed by atoms with van der Waals surface area (Å²) in [6.07, 6.45) is 5.68. The molecule has 0 aliphatic carbocycles. The number of H-pyrrole nitrogens is 1. The van der Waals surface area contributed by atoms with E-state index in [0.29, 0.717) is 24.3 Å². The molecule has 0 saturated carbocycles. The number of nitrogens with zero attached hydrogens (tertiary/aromatic N) is 3. The number of anilines is 1. The zero-order valence-corrected chi connectivity index (χ0v) is 16.6. The van der Waals surface area contributed by atoms with E-state index in [9.17, 15) is 9.59 Å². The molecule has 152 valence electrons. The number of pyridine rings is 2. The van der Waals surface area contributed by atoms with Crippen molar-refractivity contribution >= 4 is 28.5 Å². The van der Waals surface area contributed by atoms with E-state index in [4.69, 9.17) is 0 Å². The first-order chi connectivity index (χ1) is 15.2. The van der Waals surface area contributed by atoms with Gasteiger partial charge in [-0.25, -0.2) is 4.98 Å². The molecule has 2 amide bonds. The van der Waals surface area contributed by atoms with Crippen molar-refractivity contribution in [3.8, 4) is 0 Å². The Hall–Kier alpha value is -4.00. The van der Waals surface area contributed by atoms with Crippen molar-refractivity contribution in [2.45, 2.75) is 17.9 Å². The summed E-state index contributed by atoms with van der Waals surface area (Å²) >= 11 is 0. The number of likely N-dealkylation sites (tertiary alicyclic amines) is 1. The molecule has 2 atom stereocenters. The second kappa shape index (κ2) is 6.50. The Labute approximate surface area is 178 Å². The minimum absolute atomic E-state index is 0.0730. The van der Waals surface area contributed by atoms with Crippen LogP contribution in [-0.2, 0) is 10.2 Å². The lowest BCUT2D eigenvalue weighted by molar-refractivity contribution is -0.121. The third kappa shape index (κ3) is 2.46. The molecule has 31 heavy (non-hydrogen) atoms. The SMILES string of the molecule is O=C(c1cc2cccnc2[nH]1)N1CCC2(C(=O)Nc3ccccc32)C1c1cccnc1. The molecule has 0 bridgehead atoms. The summed E-state index contributed by atoms with van der Waals surface area (Å²) in [6.45, 7) is 0.461. The maximum Gasteiger partial charge on any atom is 0.270 e. The van der Waals surface area contributed by atoms with Gasteiger partial charge in [0.2, 0.25) is 5.91 Å². The Bertz CT molecular complexity index is 1300. The van der Waals surface area contributed by atoms with E-state index in [1.165, 1.54) is 0 Å². The van der Waals surface area contributed by atoms with Gasteiger partial charge in [-0.15, -0.1) is 0 Å². The molecule has 7 nitrogen and oxygen atoms in total. The van der Waals surface area contributed by atoms with Gasteiger partial charge in [-0.1, -0.05) is 24.3 Å². The summed E-state index contributed by atoms with van der Waals surface area (Å²) in [5.74, 6) is -0.225. The largest absolute Gasteiger partial charge is 0.335 e. The maximum absolute atomic E-state index is 13.7. The van der Waals surface area contributed by atoms with Crippen molar-refractivity contribution in [1.29, 1.82) is 0 Å². The van der Waals surface area contributed by atoms with Crippen LogP contribution in [0, 0.1) is 0 Å². The molecular formula is C24H19N5O2. The summed E-state index contributed by atoms with van der Waals surface area (Å²) in [5, 5.41) is 3.91. The monoisotopic (exact) mass is 409 g/mol. The Kier molecular flexibility index (Phi) is 3.74. The normalized spacial score (nSPS) is 22.1. The van der Waals surface area contributed by atoms with Gasteiger partial charge in [-0.05, 0) is 47.9 Å². The van der Waals surface area contributed by atoms with E-state index < -0.39 is 11.5 Å². The van der Waals surface area contributed by atoms with Gasteiger partial charge in [0.15, 0.2) is 0 Å². The zero-order valence-electron chi connectivity index (χ0n) is 16.6. The Morgan fingerprint density at radius 2 is 1.97 bits per heavy atom.